The molecule has 1 aromatic carbocycles. The van der Waals surface area contributed by atoms with Gasteiger partial charge in [0.1, 0.15) is 23.1 Å². The van der Waals surface area contributed by atoms with Crippen molar-refractivity contribution in [2.24, 2.45) is 5.73 Å². The van der Waals surface area contributed by atoms with Crippen molar-refractivity contribution >= 4 is 16.9 Å². The maximum absolute atomic E-state index is 13.4. The lowest BCUT2D eigenvalue weighted by atomic mass is 10.2. The second kappa shape index (κ2) is 5.44. The summed E-state index contributed by atoms with van der Waals surface area (Å²) in [4.78, 5) is 4.06. The van der Waals surface area contributed by atoms with Crippen LogP contribution in [0, 0.1) is 11.2 Å². The average molecular weight is 299 g/mol. The molecule has 22 heavy (non-hydrogen) atoms. The summed E-state index contributed by atoms with van der Waals surface area (Å²) in [5, 5.41) is 12.3. The molecule has 0 amide bonds. The zero-order chi connectivity index (χ0) is 15.7. The number of fused-ring (bicyclic) bond motifs is 1. The van der Waals surface area contributed by atoms with Gasteiger partial charge in [0, 0.05) is 0 Å². The Kier molecular flexibility index (Phi) is 3.46. The normalized spacial score (nSPS) is 10.8. The first-order valence-corrected chi connectivity index (χ1v) is 6.58. The number of amidine groups is 1. The fourth-order valence-corrected chi connectivity index (χ4v) is 2.25. The number of nitrogens with two attached hydrogens (primary N) is 1. The number of nitrogens with zero attached hydrogens (tertiary/aromatic N) is 3. The Labute approximate surface area is 125 Å². The van der Waals surface area contributed by atoms with Crippen molar-refractivity contribution in [2.45, 2.75) is 6.54 Å². The molecule has 0 unspecified atom stereocenters. The van der Waals surface area contributed by atoms with Crippen LogP contribution < -0.4 is 10.5 Å². The summed E-state index contributed by atoms with van der Waals surface area (Å²) in [5.41, 5.74) is 7.21. The Hall–Kier alpha value is -2.96. The van der Waals surface area contributed by atoms with Crippen molar-refractivity contribution < 1.29 is 9.13 Å². The highest BCUT2D eigenvalue weighted by Gasteiger charge is 2.15. The third-order valence-electron chi connectivity index (χ3n) is 3.30. The molecular weight excluding hydrogens is 285 g/mol. The van der Waals surface area contributed by atoms with Crippen molar-refractivity contribution in [3.05, 3.63) is 53.6 Å². The summed E-state index contributed by atoms with van der Waals surface area (Å²) in [6.45, 7) is 0.437. The second-order valence-corrected chi connectivity index (χ2v) is 4.79. The maximum Gasteiger partial charge on any atom is 0.159 e. The van der Waals surface area contributed by atoms with Gasteiger partial charge in [-0.15, -0.1) is 0 Å². The van der Waals surface area contributed by atoms with Crippen LogP contribution in [0.2, 0.25) is 0 Å². The number of methoxy groups -OCH3 is 1. The van der Waals surface area contributed by atoms with Crippen molar-refractivity contribution in [3.63, 3.8) is 0 Å². The van der Waals surface area contributed by atoms with E-state index in [-0.39, 0.29) is 11.5 Å². The molecule has 0 bridgehead atoms. The van der Waals surface area contributed by atoms with E-state index in [0.29, 0.717) is 17.6 Å². The van der Waals surface area contributed by atoms with E-state index >= 15 is 0 Å². The molecule has 2 aromatic heterocycles. The summed E-state index contributed by atoms with van der Waals surface area (Å²) in [6.07, 6.45) is 1.12. The van der Waals surface area contributed by atoms with Gasteiger partial charge in [0.2, 0.25) is 0 Å². The van der Waals surface area contributed by atoms with E-state index in [1.54, 1.807) is 11.8 Å². The minimum atomic E-state index is -0.487. The largest absolute Gasteiger partial charge is 0.497 e. The van der Waals surface area contributed by atoms with Gasteiger partial charge in [0.25, 0.3) is 0 Å². The third kappa shape index (κ3) is 2.48. The highest BCUT2D eigenvalue weighted by atomic mass is 19.1. The smallest absolute Gasteiger partial charge is 0.159 e. The maximum atomic E-state index is 13.4. The van der Waals surface area contributed by atoms with Gasteiger partial charge in [-0.25, -0.2) is 14.1 Å². The van der Waals surface area contributed by atoms with Crippen LogP contribution in [0.1, 0.15) is 11.3 Å². The second-order valence-electron chi connectivity index (χ2n) is 4.79. The minimum absolute atomic E-state index is 0.217. The van der Waals surface area contributed by atoms with Crippen LogP contribution in [0.5, 0.6) is 5.75 Å². The standard InChI is InChI=1S/C15H14FN5O/c1-22-11-4-2-9(3-5-11)8-21-15-12(6-10(16)7-19-15)13(20-21)14(17)18/h2-7H,8H2,1H3,(H3,17,18). The van der Waals surface area contributed by atoms with E-state index in [4.69, 9.17) is 15.9 Å². The molecule has 6 nitrogen and oxygen atoms in total. The Morgan fingerprint density at radius 1 is 1.36 bits per heavy atom. The van der Waals surface area contributed by atoms with E-state index in [1.807, 2.05) is 24.3 Å². The number of hydrogen-bond acceptors (Lipinski definition) is 4. The first kappa shape index (κ1) is 14.0. The minimum Gasteiger partial charge on any atom is -0.497 e. The van der Waals surface area contributed by atoms with E-state index < -0.39 is 5.82 Å². The first-order chi connectivity index (χ1) is 10.6. The lowest BCUT2D eigenvalue weighted by molar-refractivity contribution is 0.414. The van der Waals surface area contributed by atoms with Crippen LogP contribution in [-0.2, 0) is 6.54 Å². The van der Waals surface area contributed by atoms with E-state index in [9.17, 15) is 4.39 Å². The monoisotopic (exact) mass is 299 g/mol. The molecule has 0 saturated carbocycles. The number of benzene rings is 1. The topological polar surface area (TPSA) is 89.8 Å². The molecule has 0 atom stereocenters. The number of nitrogen functional groups attached to an aromatic ring is 1. The molecule has 0 aliphatic rings. The fourth-order valence-electron chi connectivity index (χ4n) is 2.25. The number of aromatic nitrogens is 3. The number of rotatable bonds is 4. The van der Waals surface area contributed by atoms with Crippen molar-refractivity contribution in [1.82, 2.24) is 14.8 Å². The molecule has 3 N–H and O–H groups in total. The number of hydrogen-bond donors (Lipinski definition) is 2. The third-order valence-corrected chi connectivity index (χ3v) is 3.30. The Morgan fingerprint density at radius 3 is 2.73 bits per heavy atom. The molecule has 0 saturated heterocycles. The number of nitrogens with one attached hydrogen (secondary N) is 1. The van der Waals surface area contributed by atoms with Crippen LogP contribution in [0.3, 0.4) is 0 Å². The van der Waals surface area contributed by atoms with Gasteiger partial charge in [-0.2, -0.15) is 5.10 Å². The Balaban J connectivity index is 2.04. The van der Waals surface area contributed by atoms with Crippen LogP contribution in [0.4, 0.5) is 4.39 Å². The van der Waals surface area contributed by atoms with Crippen LogP contribution in [0.15, 0.2) is 36.5 Å². The first-order valence-electron chi connectivity index (χ1n) is 6.58. The molecule has 0 radical (unpaired) electrons. The summed E-state index contributed by atoms with van der Waals surface area (Å²) in [5.74, 6) is 0.0589. The number of halogens is 1. The SMILES string of the molecule is COc1ccc(Cn2nc(C(=N)N)c3cc(F)cnc32)cc1. The highest BCUT2D eigenvalue weighted by molar-refractivity contribution is 6.04. The van der Waals surface area contributed by atoms with Gasteiger partial charge in [-0.3, -0.25) is 5.41 Å². The summed E-state index contributed by atoms with van der Waals surface area (Å²) >= 11 is 0. The summed E-state index contributed by atoms with van der Waals surface area (Å²) < 4.78 is 20.1. The van der Waals surface area contributed by atoms with E-state index in [0.717, 1.165) is 17.5 Å². The van der Waals surface area contributed by atoms with Crippen molar-refractivity contribution in [3.8, 4) is 5.75 Å². The molecule has 2 heterocycles. The van der Waals surface area contributed by atoms with Gasteiger partial charge in [0.15, 0.2) is 5.65 Å². The average Bonchev–Trinajstić information content (AvgIpc) is 2.86. The van der Waals surface area contributed by atoms with Gasteiger partial charge in [-0.05, 0) is 23.8 Å². The molecule has 3 rings (SSSR count). The summed E-state index contributed by atoms with van der Waals surface area (Å²) in [6, 6.07) is 8.79. The van der Waals surface area contributed by atoms with Crippen molar-refractivity contribution in [2.75, 3.05) is 7.11 Å². The lowest BCUT2D eigenvalue weighted by Crippen LogP contribution is -2.13. The summed E-state index contributed by atoms with van der Waals surface area (Å²) in [7, 11) is 1.60. The van der Waals surface area contributed by atoms with Gasteiger partial charge in [0.05, 0.1) is 25.2 Å². The van der Waals surface area contributed by atoms with Crippen LogP contribution >= 0.6 is 0 Å². The van der Waals surface area contributed by atoms with Crippen LogP contribution in [0.25, 0.3) is 11.0 Å². The molecule has 112 valence electrons. The quantitative estimate of drug-likeness (QED) is 0.569. The highest BCUT2D eigenvalue weighted by Crippen LogP contribution is 2.19. The zero-order valence-electron chi connectivity index (χ0n) is 11.9. The number of ether oxygens (including phenoxy) is 1. The predicted octanol–water partition coefficient (Wildman–Crippen LogP) is 1.91. The lowest BCUT2D eigenvalue weighted by Gasteiger charge is -2.04. The molecule has 7 heteroatoms. The molecule has 0 aliphatic heterocycles. The van der Waals surface area contributed by atoms with Gasteiger partial charge >= 0.3 is 0 Å². The molecule has 0 aliphatic carbocycles. The molecule has 0 fully saturated rings. The van der Waals surface area contributed by atoms with Gasteiger partial charge in [-0.1, -0.05) is 12.1 Å². The molecule has 3 aromatic rings. The van der Waals surface area contributed by atoms with Crippen LogP contribution in [-0.4, -0.2) is 27.7 Å². The predicted molar refractivity (Wildman–Crippen MR) is 80.6 cm³/mol. The van der Waals surface area contributed by atoms with E-state index in [2.05, 4.69) is 10.1 Å². The fraction of sp³-hybridized carbons (Fsp3) is 0.133. The van der Waals surface area contributed by atoms with E-state index in [1.165, 1.54) is 6.07 Å². The molecule has 0 spiro atoms. The van der Waals surface area contributed by atoms with Gasteiger partial charge < -0.3 is 10.5 Å². The zero-order valence-corrected chi connectivity index (χ0v) is 11.9. The van der Waals surface area contributed by atoms with Crippen molar-refractivity contribution in [1.29, 1.82) is 5.41 Å². The Bertz CT molecular complexity index is 841. The number of pyridine rings is 1. The Morgan fingerprint density at radius 2 is 2.09 bits per heavy atom. The molecular formula is C15H14FN5O.